The largest absolute Gasteiger partial charge is 0.336 e. The molecule has 0 saturated carbocycles. The lowest BCUT2D eigenvalue weighted by Crippen LogP contribution is -2.49. The second kappa shape index (κ2) is 7.66. The maximum Gasteiger partial charge on any atom is 0.230 e. The molecule has 0 fully saturated rings. The minimum Gasteiger partial charge on any atom is -0.336 e. The SMILES string of the molecule is CCCCCCN1N=CN(CCC)C1C(Cl)(Cl)Cl. The minimum absolute atomic E-state index is 0.274. The van der Waals surface area contributed by atoms with Crippen LogP contribution in [-0.4, -0.2) is 39.3 Å². The Labute approximate surface area is 125 Å². The first-order valence-electron chi connectivity index (χ1n) is 6.64. The Balaban J connectivity index is 2.53. The summed E-state index contributed by atoms with van der Waals surface area (Å²) in [7, 11) is 0. The van der Waals surface area contributed by atoms with Crippen molar-refractivity contribution in [2.75, 3.05) is 13.1 Å². The monoisotopic (exact) mass is 313 g/mol. The Bertz CT molecular complexity index is 266. The molecule has 1 heterocycles. The van der Waals surface area contributed by atoms with Crippen molar-refractivity contribution in [1.82, 2.24) is 9.91 Å². The number of rotatable bonds is 7. The van der Waals surface area contributed by atoms with Crippen molar-refractivity contribution < 1.29 is 0 Å². The van der Waals surface area contributed by atoms with Crippen molar-refractivity contribution in [1.29, 1.82) is 0 Å². The van der Waals surface area contributed by atoms with Crippen molar-refractivity contribution in [3.63, 3.8) is 0 Å². The Morgan fingerprint density at radius 2 is 1.78 bits per heavy atom. The first kappa shape index (κ1) is 16.2. The molecular formula is C12H22Cl3N3. The Kier molecular flexibility index (Phi) is 6.89. The van der Waals surface area contributed by atoms with Gasteiger partial charge in [-0.3, -0.25) is 5.01 Å². The highest BCUT2D eigenvalue weighted by Crippen LogP contribution is 2.37. The molecule has 3 nitrogen and oxygen atoms in total. The topological polar surface area (TPSA) is 18.8 Å². The van der Waals surface area contributed by atoms with E-state index >= 15 is 0 Å². The average molecular weight is 315 g/mol. The van der Waals surface area contributed by atoms with Gasteiger partial charge in [0.1, 0.15) is 6.34 Å². The highest BCUT2D eigenvalue weighted by molar-refractivity contribution is 6.68. The van der Waals surface area contributed by atoms with Crippen molar-refractivity contribution in [2.45, 2.75) is 55.9 Å². The number of hydrogen-bond donors (Lipinski definition) is 0. The van der Waals surface area contributed by atoms with Gasteiger partial charge in [-0.05, 0) is 12.8 Å². The van der Waals surface area contributed by atoms with Crippen LogP contribution in [0.15, 0.2) is 5.10 Å². The molecule has 0 aromatic rings. The van der Waals surface area contributed by atoms with Gasteiger partial charge < -0.3 is 4.90 Å². The molecule has 0 saturated heterocycles. The maximum absolute atomic E-state index is 6.07. The van der Waals surface area contributed by atoms with Gasteiger partial charge in [0.25, 0.3) is 0 Å². The van der Waals surface area contributed by atoms with Gasteiger partial charge in [-0.1, -0.05) is 67.9 Å². The summed E-state index contributed by atoms with van der Waals surface area (Å²) in [4.78, 5) is 2.01. The third kappa shape index (κ3) is 4.67. The van der Waals surface area contributed by atoms with Crippen LogP contribution in [0.3, 0.4) is 0 Å². The predicted molar refractivity (Wildman–Crippen MR) is 80.4 cm³/mol. The summed E-state index contributed by atoms with van der Waals surface area (Å²) in [6.07, 6.45) is 7.27. The molecule has 1 rings (SSSR count). The summed E-state index contributed by atoms with van der Waals surface area (Å²) in [6, 6.07) is 0. The second-order valence-electron chi connectivity index (χ2n) is 4.61. The first-order chi connectivity index (χ1) is 8.50. The molecule has 1 unspecified atom stereocenters. The van der Waals surface area contributed by atoms with E-state index in [2.05, 4.69) is 18.9 Å². The molecule has 1 aliphatic rings. The van der Waals surface area contributed by atoms with Crippen LogP contribution in [0.1, 0.15) is 46.0 Å². The smallest absolute Gasteiger partial charge is 0.230 e. The zero-order chi connectivity index (χ0) is 13.6. The van der Waals surface area contributed by atoms with Crippen LogP contribution >= 0.6 is 34.8 Å². The van der Waals surface area contributed by atoms with Crippen molar-refractivity contribution in [3.05, 3.63) is 0 Å². The lowest BCUT2D eigenvalue weighted by Gasteiger charge is -2.35. The fourth-order valence-electron chi connectivity index (χ4n) is 2.11. The van der Waals surface area contributed by atoms with E-state index in [4.69, 9.17) is 34.8 Å². The molecule has 0 aromatic carbocycles. The molecule has 0 N–H and O–H groups in total. The van der Waals surface area contributed by atoms with Gasteiger partial charge in [-0.15, -0.1) is 0 Å². The molecule has 1 atom stereocenters. The Morgan fingerprint density at radius 1 is 1.06 bits per heavy atom. The molecule has 0 radical (unpaired) electrons. The highest BCUT2D eigenvalue weighted by Gasteiger charge is 2.43. The summed E-state index contributed by atoms with van der Waals surface area (Å²) in [5.74, 6) is 0. The summed E-state index contributed by atoms with van der Waals surface area (Å²) < 4.78 is -1.34. The summed E-state index contributed by atoms with van der Waals surface area (Å²) in [5.41, 5.74) is 0. The van der Waals surface area contributed by atoms with Crippen LogP contribution in [0.25, 0.3) is 0 Å². The molecule has 6 heteroatoms. The fourth-order valence-corrected chi connectivity index (χ4v) is 2.82. The van der Waals surface area contributed by atoms with Crippen LogP contribution < -0.4 is 0 Å². The highest BCUT2D eigenvalue weighted by atomic mass is 35.6. The fraction of sp³-hybridized carbons (Fsp3) is 0.917. The molecule has 0 bridgehead atoms. The summed E-state index contributed by atoms with van der Waals surface area (Å²) in [5, 5.41) is 6.26. The number of nitrogens with zero attached hydrogens (tertiary/aromatic N) is 3. The van der Waals surface area contributed by atoms with Crippen LogP contribution in [0.4, 0.5) is 0 Å². The molecule has 0 aromatic heterocycles. The van der Waals surface area contributed by atoms with E-state index in [0.29, 0.717) is 0 Å². The quantitative estimate of drug-likeness (QED) is 0.517. The van der Waals surface area contributed by atoms with Gasteiger partial charge in [-0.2, -0.15) is 5.10 Å². The van der Waals surface area contributed by atoms with Crippen LogP contribution in [0.2, 0.25) is 0 Å². The van der Waals surface area contributed by atoms with Crippen molar-refractivity contribution in [3.8, 4) is 0 Å². The number of unbranched alkanes of at least 4 members (excludes halogenated alkanes) is 3. The standard InChI is InChI=1S/C12H22Cl3N3/c1-3-5-6-7-9-18-11(12(13,14)15)17(8-4-2)10-16-18/h10-11H,3-9H2,1-2H3. The van der Waals surface area contributed by atoms with Crippen LogP contribution in [-0.2, 0) is 0 Å². The molecular weight excluding hydrogens is 293 g/mol. The first-order valence-corrected chi connectivity index (χ1v) is 7.77. The van der Waals surface area contributed by atoms with Crippen LogP contribution in [0.5, 0.6) is 0 Å². The van der Waals surface area contributed by atoms with Gasteiger partial charge in [0.05, 0.1) is 0 Å². The van der Waals surface area contributed by atoms with E-state index in [1.54, 1.807) is 6.34 Å². The molecule has 0 aliphatic carbocycles. The summed E-state index contributed by atoms with van der Waals surface area (Å²) in [6.45, 7) is 6.00. The molecule has 0 amide bonds. The van der Waals surface area contributed by atoms with E-state index in [9.17, 15) is 0 Å². The lowest BCUT2D eigenvalue weighted by atomic mass is 10.2. The molecule has 18 heavy (non-hydrogen) atoms. The van der Waals surface area contributed by atoms with Crippen LogP contribution in [0, 0.1) is 0 Å². The number of hydrogen-bond acceptors (Lipinski definition) is 3. The predicted octanol–water partition coefficient (Wildman–Crippen LogP) is 4.23. The molecule has 0 spiro atoms. The summed E-state index contributed by atoms with van der Waals surface area (Å²) >= 11 is 18.2. The van der Waals surface area contributed by atoms with E-state index in [1.165, 1.54) is 19.3 Å². The number of hydrazone groups is 1. The normalized spacial score (nSPS) is 19.9. The molecule has 106 valence electrons. The number of alkyl halides is 3. The third-order valence-electron chi connectivity index (χ3n) is 2.96. The van der Waals surface area contributed by atoms with Gasteiger partial charge in [0.15, 0.2) is 6.17 Å². The maximum atomic E-state index is 6.07. The second-order valence-corrected chi connectivity index (χ2v) is 6.98. The van der Waals surface area contributed by atoms with E-state index < -0.39 is 3.79 Å². The number of halogens is 3. The zero-order valence-electron chi connectivity index (χ0n) is 11.1. The van der Waals surface area contributed by atoms with Gasteiger partial charge >= 0.3 is 0 Å². The zero-order valence-corrected chi connectivity index (χ0v) is 13.3. The van der Waals surface area contributed by atoms with Gasteiger partial charge in [-0.25, -0.2) is 0 Å². The van der Waals surface area contributed by atoms with Gasteiger partial charge in [0, 0.05) is 13.1 Å². The third-order valence-corrected chi connectivity index (χ3v) is 3.55. The van der Waals surface area contributed by atoms with E-state index in [0.717, 1.165) is 25.9 Å². The van der Waals surface area contributed by atoms with E-state index in [-0.39, 0.29) is 6.17 Å². The van der Waals surface area contributed by atoms with Crippen molar-refractivity contribution >= 4 is 41.1 Å². The molecule has 1 aliphatic heterocycles. The van der Waals surface area contributed by atoms with Crippen molar-refractivity contribution in [2.24, 2.45) is 5.10 Å². The minimum atomic E-state index is -1.34. The van der Waals surface area contributed by atoms with Gasteiger partial charge in [0.2, 0.25) is 3.79 Å². The Morgan fingerprint density at radius 3 is 2.33 bits per heavy atom. The lowest BCUT2D eigenvalue weighted by molar-refractivity contribution is 0.131. The Hall–Kier alpha value is 0.140. The average Bonchev–Trinajstić information content (AvgIpc) is 2.68. The van der Waals surface area contributed by atoms with E-state index in [1.807, 2.05) is 9.91 Å².